The van der Waals surface area contributed by atoms with Crippen LogP contribution in [0, 0.1) is 0 Å². The van der Waals surface area contributed by atoms with Gasteiger partial charge in [-0.15, -0.1) is 0 Å². The van der Waals surface area contributed by atoms with Crippen LogP contribution in [-0.2, 0) is 4.79 Å². The lowest BCUT2D eigenvalue weighted by Gasteiger charge is -2.21. The predicted molar refractivity (Wildman–Crippen MR) is 110 cm³/mol. The molecule has 3 amide bonds. The summed E-state index contributed by atoms with van der Waals surface area (Å²) in [6.07, 6.45) is 5.93. The van der Waals surface area contributed by atoms with Gasteiger partial charge in [0, 0.05) is 30.5 Å². The molecule has 0 bridgehead atoms. The lowest BCUT2D eigenvalue weighted by Crippen LogP contribution is -2.36. The Kier molecular flexibility index (Phi) is 5.76. The van der Waals surface area contributed by atoms with E-state index >= 15 is 0 Å². The van der Waals surface area contributed by atoms with E-state index in [9.17, 15) is 9.59 Å². The highest BCUT2D eigenvalue weighted by Crippen LogP contribution is 2.33. The summed E-state index contributed by atoms with van der Waals surface area (Å²) in [4.78, 5) is 26.2. The smallest absolute Gasteiger partial charge is 0.315 e. The van der Waals surface area contributed by atoms with Gasteiger partial charge in [-0.2, -0.15) is 11.8 Å². The largest absolute Gasteiger partial charge is 0.370 e. The molecule has 0 radical (unpaired) electrons. The normalized spacial score (nSPS) is 26.6. The van der Waals surface area contributed by atoms with Crippen LogP contribution in [0.15, 0.2) is 24.3 Å². The van der Waals surface area contributed by atoms with Gasteiger partial charge in [-0.3, -0.25) is 4.79 Å². The second-order valence-electron chi connectivity index (χ2n) is 7.63. The van der Waals surface area contributed by atoms with E-state index in [2.05, 4.69) is 26.9 Å². The number of nitrogens with one attached hydrogen (secondary N) is 3. The summed E-state index contributed by atoms with van der Waals surface area (Å²) in [5.74, 6) is 1.08. The number of carbonyl (C=O) groups is 2. The lowest BCUT2D eigenvalue weighted by molar-refractivity contribution is -0.116. The number of urea groups is 1. The van der Waals surface area contributed by atoms with Crippen LogP contribution >= 0.6 is 11.8 Å². The molecule has 0 aliphatic carbocycles. The molecule has 3 atom stereocenters. The van der Waals surface area contributed by atoms with E-state index in [0.29, 0.717) is 11.7 Å². The maximum absolute atomic E-state index is 12.4. The van der Waals surface area contributed by atoms with E-state index in [1.54, 1.807) is 0 Å². The zero-order chi connectivity index (χ0) is 18.6. The van der Waals surface area contributed by atoms with Crippen molar-refractivity contribution in [2.45, 2.75) is 55.9 Å². The van der Waals surface area contributed by atoms with E-state index < -0.39 is 0 Å². The fraction of sp³-hybridized carbons (Fsp3) is 0.600. The van der Waals surface area contributed by atoms with E-state index in [1.165, 1.54) is 12.8 Å². The van der Waals surface area contributed by atoms with E-state index in [1.807, 2.05) is 30.0 Å². The number of benzene rings is 1. The van der Waals surface area contributed by atoms with Crippen LogP contribution in [0.2, 0.25) is 0 Å². The molecule has 0 saturated carbocycles. The molecule has 3 aliphatic rings. The summed E-state index contributed by atoms with van der Waals surface area (Å²) in [5.41, 5.74) is 2.07. The van der Waals surface area contributed by atoms with Gasteiger partial charge < -0.3 is 20.9 Å². The van der Waals surface area contributed by atoms with Gasteiger partial charge in [0.05, 0.1) is 23.5 Å². The van der Waals surface area contributed by atoms with Gasteiger partial charge in [0.2, 0.25) is 5.91 Å². The van der Waals surface area contributed by atoms with E-state index in [-0.39, 0.29) is 24.0 Å². The Morgan fingerprint density at radius 3 is 2.85 bits per heavy atom. The van der Waals surface area contributed by atoms with E-state index in [4.69, 9.17) is 0 Å². The van der Waals surface area contributed by atoms with Crippen molar-refractivity contribution in [1.82, 2.24) is 10.6 Å². The molecule has 4 rings (SSSR count). The molecule has 3 fully saturated rings. The second kappa shape index (κ2) is 8.42. The van der Waals surface area contributed by atoms with Crippen molar-refractivity contribution in [2.75, 3.05) is 29.1 Å². The maximum Gasteiger partial charge on any atom is 0.315 e. The fourth-order valence-electron chi connectivity index (χ4n) is 4.30. The summed E-state index contributed by atoms with van der Waals surface area (Å²) in [7, 11) is 0. The van der Waals surface area contributed by atoms with Gasteiger partial charge >= 0.3 is 6.03 Å². The second-order valence-corrected chi connectivity index (χ2v) is 8.90. The van der Waals surface area contributed by atoms with Crippen molar-refractivity contribution >= 4 is 35.1 Å². The Morgan fingerprint density at radius 2 is 2.00 bits per heavy atom. The predicted octanol–water partition coefficient (Wildman–Crippen LogP) is 2.95. The highest BCUT2D eigenvalue weighted by molar-refractivity contribution is 8.00. The molecule has 3 aliphatic heterocycles. The standard InChI is InChI=1S/C20H28N4O2S/c25-18(21-14-7-1-2-8-16(14)24-11-5-6-12-24)10-4-3-9-17-19-15(13-27-17)22-20(26)23-19/h1-2,7-8,15,17,19H,3-6,9-13H2,(H,21,25)(H2,22,23,26)/t15-,17-,19-/m0/s1. The van der Waals surface area contributed by atoms with Crippen molar-refractivity contribution in [3.63, 3.8) is 0 Å². The summed E-state index contributed by atoms with van der Waals surface area (Å²) >= 11 is 1.93. The third kappa shape index (κ3) is 4.34. The van der Waals surface area contributed by atoms with Gasteiger partial charge in [0.15, 0.2) is 0 Å². The summed E-state index contributed by atoms with van der Waals surface area (Å²) in [6.45, 7) is 2.14. The number of unbranched alkanes of at least 4 members (excludes halogenated alkanes) is 1. The number of rotatable bonds is 7. The van der Waals surface area contributed by atoms with Crippen LogP contribution in [0.4, 0.5) is 16.2 Å². The molecule has 0 aromatic heterocycles. The van der Waals surface area contributed by atoms with E-state index in [0.717, 1.165) is 49.5 Å². The van der Waals surface area contributed by atoms with Crippen LogP contribution in [0.1, 0.15) is 38.5 Å². The molecule has 1 aromatic rings. The zero-order valence-corrected chi connectivity index (χ0v) is 16.4. The van der Waals surface area contributed by atoms with Gasteiger partial charge in [-0.05, 0) is 37.8 Å². The number of fused-ring (bicyclic) bond motifs is 1. The van der Waals surface area contributed by atoms with Crippen LogP contribution < -0.4 is 20.9 Å². The van der Waals surface area contributed by atoms with Crippen molar-refractivity contribution in [1.29, 1.82) is 0 Å². The number of hydrogen-bond donors (Lipinski definition) is 3. The number of carbonyl (C=O) groups excluding carboxylic acids is 2. The molecule has 146 valence electrons. The first-order valence-corrected chi connectivity index (χ1v) is 11.1. The number of nitrogens with zero attached hydrogens (tertiary/aromatic N) is 1. The minimum atomic E-state index is -0.0358. The molecule has 6 nitrogen and oxygen atoms in total. The fourth-order valence-corrected chi connectivity index (χ4v) is 5.84. The molecule has 0 unspecified atom stereocenters. The number of amides is 3. The average Bonchev–Trinajstić information content (AvgIpc) is 3.37. The summed E-state index contributed by atoms with van der Waals surface area (Å²) < 4.78 is 0. The monoisotopic (exact) mass is 388 g/mol. The van der Waals surface area contributed by atoms with Crippen molar-refractivity contribution in [3.8, 4) is 0 Å². The Hall–Kier alpha value is -1.89. The van der Waals surface area contributed by atoms with Gasteiger partial charge in [-0.1, -0.05) is 18.6 Å². The highest BCUT2D eigenvalue weighted by atomic mass is 32.2. The molecule has 3 N–H and O–H groups in total. The Labute approximate surface area is 164 Å². The maximum atomic E-state index is 12.4. The molecule has 27 heavy (non-hydrogen) atoms. The molecule has 7 heteroatoms. The number of para-hydroxylation sites is 2. The van der Waals surface area contributed by atoms with Gasteiger partial charge in [0.25, 0.3) is 0 Å². The Morgan fingerprint density at radius 1 is 1.19 bits per heavy atom. The van der Waals surface area contributed by atoms with Crippen molar-refractivity contribution in [2.24, 2.45) is 0 Å². The number of anilines is 2. The number of hydrogen-bond acceptors (Lipinski definition) is 4. The topological polar surface area (TPSA) is 73.5 Å². The third-order valence-corrected chi connectivity index (χ3v) is 7.21. The summed E-state index contributed by atoms with van der Waals surface area (Å²) in [5, 5.41) is 9.57. The molecular formula is C20H28N4O2S. The highest BCUT2D eigenvalue weighted by Gasteiger charge is 2.42. The van der Waals surface area contributed by atoms with Crippen LogP contribution in [0.5, 0.6) is 0 Å². The minimum Gasteiger partial charge on any atom is -0.370 e. The van der Waals surface area contributed by atoms with Crippen LogP contribution in [0.25, 0.3) is 0 Å². The van der Waals surface area contributed by atoms with Gasteiger partial charge in [0.1, 0.15) is 0 Å². The van der Waals surface area contributed by atoms with Gasteiger partial charge in [-0.25, -0.2) is 4.79 Å². The molecule has 3 saturated heterocycles. The zero-order valence-electron chi connectivity index (χ0n) is 15.6. The van der Waals surface area contributed by atoms with Crippen LogP contribution in [-0.4, -0.2) is 48.1 Å². The Balaban J connectivity index is 1.21. The SMILES string of the molecule is O=C(CCCC[C@@H]1SC[C@@H]2NC(=O)N[C@@H]21)Nc1ccccc1N1CCCC1. The van der Waals surface area contributed by atoms with Crippen LogP contribution in [0.3, 0.4) is 0 Å². The molecule has 0 spiro atoms. The molecule has 1 aromatic carbocycles. The quantitative estimate of drug-likeness (QED) is 0.496. The minimum absolute atomic E-state index is 0.0358. The first-order chi connectivity index (χ1) is 13.2. The third-order valence-electron chi connectivity index (χ3n) is 5.71. The average molecular weight is 389 g/mol. The first-order valence-electron chi connectivity index (χ1n) is 10.0. The lowest BCUT2D eigenvalue weighted by atomic mass is 10.0. The summed E-state index contributed by atoms with van der Waals surface area (Å²) in [6, 6.07) is 8.60. The number of thioether (sulfide) groups is 1. The first kappa shape index (κ1) is 18.5. The van der Waals surface area contributed by atoms with Crippen molar-refractivity contribution < 1.29 is 9.59 Å². The Bertz CT molecular complexity index is 692. The van der Waals surface area contributed by atoms with Crippen molar-refractivity contribution in [3.05, 3.63) is 24.3 Å². The molecule has 3 heterocycles. The molecular weight excluding hydrogens is 360 g/mol.